The fraction of sp³-hybridized carbons (Fsp3) is 0.214. The van der Waals surface area contributed by atoms with Crippen molar-refractivity contribution in [3.8, 4) is 0 Å². The van der Waals surface area contributed by atoms with Crippen LogP contribution in [0.1, 0.15) is 28.5 Å². The van der Waals surface area contributed by atoms with Crippen molar-refractivity contribution in [3.63, 3.8) is 0 Å². The first-order valence-corrected chi connectivity index (χ1v) is 13.8. The lowest BCUT2D eigenvalue weighted by atomic mass is 9.83. The van der Waals surface area contributed by atoms with Crippen LogP contribution < -0.4 is 11.1 Å². The maximum absolute atomic E-state index is 12.9. The van der Waals surface area contributed by atoms with E-state index in [1.807, 2.05) is 37.3 Å². The third kappa shape index (κ3) is 5.36. The highest BCUT2D eigenvalue weighted by molar-refractivity contribution is 7.94. The second-order valence-corrected chi connectivity index (χ2v) is 11.4. The lowest BCUT2D eigenvalue weighted by Gasteiger charge is -2.28. The van der Waals surface area contributed by atoms with Crippen molar-refractivity contribution >= 4 is 38.5 Å². The van der Waals surface area contributed by atoms with Crippen molar-refractivity contribution in [2.45, 2.75) is 19.9 Å². The van der Waals surface area contributed by atoms with Gasteiger partial charge in [-0.1, -0.05) is 24.3 Å². The van der Waals surface area contributed by atoms with Crippen molar-refractivity contribution in [2.24, 2.45) is 16.8 Å². The number of nitrogens with one attached hydrogen (secondary N) is 1. The van der Waals surface area contributed by atoms with Crippen molar-refractivity contribution in [3.05, 3.63) is 100 Å². The average molecular weight is 514 g/mol. The molecule has 1 aliphatic heterocycles. The highest BCUT2D eigenvalue weighted by atomic mass is 32.2. The van der Waals surface area contributed by atoms with Gasteiger partial charge in [-0.2, -0.15) is 0 Å². The van der Waals surface area contributed by atoms with Gasteiger partial charge in [0.2, 0.25) is 0 Å². The number of hydrogen-bond donors (Lipinski definition) is 2. The van der Waals surface area contributed by atoms with E-state index in [9.17, 15) is 13.2 Å². The highest BCUT2D eigenvalue weighted by Crippen LogP contribution is 2.36. The van der Waals surface area contributed by atoms with Gasteiger partial charge in [0.15, 0.2) is 9.84 Å². The summed E-state index contributed by atoms with van der Waals surface area (Å²) in [6, 6.07) is 11.1. The zero-order chi connectivity index (χ0) is 26.2. The molecule has 3 heterocycles. The fourth-order valence-electron chi connectivity index (χ4n) is 4.75. The van der Waals surface area contributed by atoms with Crippen LogP contribution in [0.3, 0.4) is 0 Å². The van der Waals surface area contributed by atoms with Crippen molar-refractivity contribution in [1.29, 1.82) is 0 Å². The largest absolute Gasteiger partial charge is 0.383 e. The van der Waals surface area contributed by atoms with Gasteiger partial charge in [0, 0.05) is 72.0 Å². The first kappa shape index (κ1) is 24.6. The van der Waals surface area contributed by atoms with E-state index < -0.39 is 9.84 Å². The van der Waals surface area contributed by atoms with Crippen molar-refractivity contribution in [2.75, 3.05) is 12.0 Å². The summed E-state index contributed by atoms with van der Waals surface area (Å²) in [7, 11) is -3.41. The molecule has 9 heteroatoms. The molecule has 1 aliphatic carbocycles. The second-order valence-electron chi connectivity index (χ2n) is 9.40. The molecule has 37 heavy (non-hydrogen) atoms. The third-order valence-electron chi connectivity index (χ3n) is 6.55. The van der Waals surface area contributed by atoms with Crippen LogP contribution in [-0.4, -0.2) is 36.8 Å². The van der Waals surface area contributed by atoms with E-state index >= 15 is 0 Å². The van der Waals surface area contributed by atoms with Crippen molar-refractivity contribution < 1.29 is 13.2 Å². The van der Waals surface area contributed by atoms with Crippen LogP contribution in [0.25, 0.3) is 10.8 Å². The first-order chi connectivity index (χ1) is 17.7. The summed E-state index contributed by atoms with van der Waals surface area (Å²) >= 11 is 0. The van der Waals surface area contributed by atoms with Crippen LogP contribution in [0, 0.1) is 11.8 Å². The lowest BCUT2D eigenvalue weighted by Crippen LogP contribution is -2.26. The number of aliphatic imine (C=N–C) groups is 1. The maximum Gasteiger partial charge on any atom is 0.251 e. The molecular weight excluding hydrogens is 486 g/mol. The number of nitrogens with two attached hydrogens (primary N) is 1. The molecule has 1 aromatic carbocycles. The highest BCUT2D eigenvalue weighted by Gasteiger charge is 2.32. The van der Waals surface area contributed by atoms with Crippen LogP contribution in [-0.2, 0) is 22.8 Å². The Morgan fingerprint density at radius 2 is 1.89 bits per heavy atom. The summed E-state index contributed by atoms with van der Waals surface area (Å²) in [4.78, 5) is 26.1. The van der Waals surface area contributed by atoms with E-state index in [1.165, 1.54) is 6.26 Å². The van der Waals surface area contributed by atoms with Crippen molar-refractivity contribution in [1.82, 2.24) is 15.3 Å². The predicted molar refractivity (Wildman–Crippen MR) is 146 cm³/mol. The average Bonchev–Trinajstić information content (AvgIpc) is 2.86. The van der Waals surface area contributed by atoms with Crippen LogP contribution in [0.2, 0.25) is 0 Å². The molecule has 3 N–H and O–H groups in total. The number of allylic oxidation sites excluding steroid dienone is 6. The fourth-order valence-corrected chi connectivity index (χ4v) is 5.82. The predicted octanol–water partition coefficient (Wildman–Crippen LogP) is 3.77. The van der Waals surface area contributed by atoms with Crippen LogP contribution in [0.15, 0.2) is 88.2 Å². The molecule has 0 bridgehead atoms. The molecule has 0 fully saturated rings. The van der Waals surface area contributed by atoms with E-state index in [-0.39, 0.29) is 17.7 Å². The zero-order valence-electron chi connectivity index (χ0n) is 20.5. The Labute approximate surface area is 215 Å². The number of carbonyl (C=O) groups is 1. The molecule has 2 unspecified atom stereocenters. The Hall–Kier alpha value is -4.11. The molecule has 2 atom stereocenters. The maximum atomic E-state index is 12.9. The quantitative estimate of drug-likeness (QED) is 0.516. The molecule has 1 amide bonds. The summed E-state index contributed by atoms with van der Waals surface area (Å²) in [6.07, 6.45) is 12.4. The topological polar surface area (TPSA) is 127 Å². The van der Waals surface area contributed by atoms with Gasteiger partial charge < -0.3 is 11.1 Å². The number of amides is 1. The molecule has 0 radical (unpaired) electrons. The van der Waals surface area contributed by atoms with E-state index in [1.54, 1.807) is 36.8 Å². The number of anilines is 1. The Kier molecular flexibility index (Phi) is 6.47. The Morgan fingerprint density at radius 1 is 1.08 bits per heavy atom. The number of rotatable bonds is 6. The number of fused-ring (bicyclic) bond motifs is 2. The van der Waals surface area contributed by atoms with Gasteiger partial charge in [-0.3, -0.25) is 14.8 Å². The second kappa shape index (κ2) is 9.74. The minimum absolute atomic E-state index is 0.0817. The monoisotopic (exact) mass is 513 g/mol. The van der Waals surface area contributed by atoms with E-state index in [0.717, 1.165) is 27.6 Å². The molecule has 2 aliphatic rings. The number of aromatic nitrogens is 2. The summed E-state index contributed by atoms with van der Waals surface area (Å²) in [5.41, 5.74) is 9.73. The SMILES string of the molecule is CC1=CC2C=C(Cc3cc(C(=O)NCc4ccc5c(N)nccc5c4)ccn3)C=C(S(C)(=O)=O)C2C=N1. The van der Waals surface area contributed by atoms with E-state index in [4.69, 9.17) is 5.73 Å². The van der Waals surface area contributed by atoms with Gasteiger partial charge >= 0.3 is 0 Å². The number of nitrogens with zero attached hydrogens (tertiary/aromatic N) is 3. The summed E-state index contributed by atoms with van der Waals surface area (Å²) in [5, 5.41) is 4.79. The standard InChI is InChI=1S/C28H27N5O3S/c1-17-9-22-11-19(13-26(37(2,35)36)25(22)16-32-17)12-23-14-21(6-7-30-23)28(34)33-15-18-3-4-24-20(10-18)5-8-31-27(24)29/h3-11,13-14,16,22,25H,12,15H2,1-2H3,(H2,29,31)(H,33,34). The molecule has 2 aromatic heterocycles. The normalized spacial score (nSPS) is 19.0. The summed E-state index contributed by atoms with van der Waals surface area (Å²) < 4.78 is 25.0. The molecule has 8 nitrogen and oxygen atoms in total. The molecule has 188 valence electrons. The number of hydrogen-bond acceptors (Lipinski definition) is 7. The Bertz CT molecular complexity index is 1640. The van der Waals surface area contributed by atoms with E-state index in [0.29, 0.717) is 34.9 Å². The number of nitrogen functional groups attached to an aromatic ring is 1. The molecule has 5 rings (SSSR count). The van der Waals surface area contributed by atoms with Crippen LogP contribution >= 0.6 is 0 Å². The van der Waals surface area contributed by atoms with Gasteiger partial charge in [-0.15, -0.1) is 0 Å². The molecule has 3 aromatic rings. The minimum Gasteiger partial charge on any atom is -0.383 e. The van der Waals surface area contributed by atoms with Gasteiger partial charge in [-0.05, 0) is 53.8 Å². The summed E-state index contributed by atoms with van der Waals surface area (Å²) in [5.74, 6) is -0.121. The van der Waals surface area contributed by atoms with Gasteiger partial charge in [0.1, 0.15) is 5.82 Å². The molecule has 0 saturated carbocycles. The van der Waals surface area contributed by atoms with Gasteiger partial charge in [-0.25, -0.2) is 13.4 Å². The minimum atomic E-state index is -3.41. The number of sulfone groups is 1. The van der Waals surface area contributed by atoms with Gasteiger partial charge in [0.25, 0.3) is 5.91 Å². The number of benzene rings is 1. The Morgan fingerprint density at radius 3 is 2.70 bits per heavy atom. The van der Waals surface area contributed by atoms with Crippen LogP contribution in [0.5, 0.6) is 0 Å². The summed E-state index contributed by atoms with van der Waals surface area (Å²) in [6.45, 7) is 2.25. The van der Waals surface area contributed by atoms with Crippen LogP contribution in [0.4, 0.5) is 5.82 Å². The van der Waals surface area contributed by atoms with Gasteiger partial charge in [0.05, 0.1) is 4.91 Å². The number of carbonyl (C=O) groups excluding carboxylic acids is 1. The number of pyridine rings is 2. The Balaban J connectivity index is 1.31. The zero-order valence-corrected chi connectivity index (χ0v) is 21.4. The first-order valence-electron chi connectivity index (χ1n) is 11.9. The molecule has 0 saturated heterocycles. The lowest BCUT2D eigenvalue weighted by molar-refractivity contribution is 0.0950. The molecular formula is C28H27N5O3S. The smallest absolute Gasteiger partial charge is 0.251 e. The molecule has 0 spiro atoms. The van der Waals surface area contributed by atoms with E-state index in [2.05, 4.69) is 26.4 Å². The third-order valence-corrected chi connectivity index (χ3v) is 7.80.